The summed E-state index contributed by atoms with van der Waals surface area (Å²) >= 11 is 1.32. The predicted octanol–water partition coefficient (Wildman–Crippen LogP) is 3.57. The molecule has 0 saturated heterocycles. The van der Waals surface area contributed by atoms with Gasteiger partial charge in [0.2, 0.25) is 11.1 Å². The Hall–Kier alpha value is -2.67. The Morgan fingerprint density at radius 1 is 1.15 bits per heavy atom. The Kier molecular flexibility index (Phi) is 5.68. The SMILES string of the molecule is CCc1ccccc1NC(=O)CSc1nnnn1-c1cccc(C)c1C. The van der Waals surface area contributed by atoms with E-state index in [9.17, 15) is 4.79 Å². The van der Waals surface area contributed by atoms with Crippen LogP contribution in [0.4, 0.5) is 5.69 Å². The van der Waals surface area contributed by atoms with Gasteiger partial charge in [-0.05, 0) is 59.5 Å². The van der Waals surface area contributed by atoms with E-state index < -0.39 is 0 Å². The van der Waals surface area contributed by atoms with Crippen molar-refractivity contribution in [3.63, 3.8) is 0 Å². The van der Waals surface area contributed by atoms with Crippen LogP contribution in [0, 0.1) is 13.8 Å². The average Bonchev–Trinajstić information content (AvgIpc) is 3.11. The molecule has 0 spiro atoms. The van der Waals surface area contributed by atoms with E-state index in [4.69, 9.17) is 0 Å². The lowest BCUT2D eigenvalue weighted by Crippen LogP contribution is -2.15. The molecule has 1 aromatic heterocycles. The lowest BCUT2D eigenvalue weighted by atomic mass is 10.1. The van der Waals surface area contributed by atoms with Gasteiger partial charge in [0, 0.05) is 5.69 Å². The van der Waals surface area contributed by atoms with Crippen LogP contribution in [-0.4, -0.2) is 31.9 Å². The van der Waals surface area contributed by atoms with E-state index in [1.54, 1.807) is 4.68 Å². The van der Waals surface area contributed by atoms with E-state index in [1.807, 2.05) is 43.3 Å². The molecule has 0 saturated carbocycles. The van der Waals surface area contributed by atoms with Gasteiger partial charge in [0.25, 0.3) is 0 Å². The van der Waals surface area contributed by atoms with Crippen LogP contribution < -0.4 is 5.32 Å². The van der Waals surface area contributed by atoms with Crippen molar-refractivity contribution >= 4 is 23.4 Å². The number of carbonyl (C=O) groups excluding carboxylic acids is 1. The van der Waals surface area contributed by atoms with Crippen LogP contribution in [0.2, 0.25) is 0 Å². The molecule has 134 valence electrons. The summed E-state index contributed by atoms with van der Waals surface area (Å²) < 4.78 is 1.68. The van der Waals surface area contributed by atoms with Crippen molar-refractivity contribution in [1.82, 2.24) is 20.2 Å². The van der Waals surface area contributed by atoms with Gasteiger partial charge in [-0.3, -0.25) is 4.79 Å². The molecule has 0 unspecified atom stereocenters. The molecule has 7 heteroatoms. The first-order valence-corrected chi connectivity index (χ1v) is 9.44. The zero-order valence-electron chi connectivity index (χ0n) is 15.1. The van der Waals surface area contributed by atoms with Gasteiger partial charge in [-0.2, -0.15) is 4.68 Å². The van der Waals surface area contributed by atoms with E-state index >= 15 is 0 Å². The minimum absolute atomic E-state index is 0.0774. The van der Waals surface area contributed by atoms with Crippen molar-refractivity contribution in [2.45, 2.75) is 32.3 Å². The minimum Gasteiger partial charge on any atom is -0.325 e. The molecular formula is C19H21N5OS. The average molecular weight is 367 g/mol. The molecule has 26 heavy (non-hydrogen) atoms. The van der Waals surface area contributed by atoms with Gasteiger partial charge in [-0.25, -0.2) is 0 Å². The number of tetrazole rings is 1. The van der Waals surface area contributed by atoms with Crippen LogP contribution >= 0.6 is 11.8 Å². The summed E-state index contributed by atoms with van der Waals surface area (Å²) in [4.78, 5) is 12.3. The van der Waals surface area contributed by atoms with Gasteiger partial charge < -0.3 is 5.32 Å². The number of aromatic nitrogens is 4. The molecule has 0 fully saturated rings. The van der Waals surface area contributed by atoms with Gasteiger partial charge >= 0.3 is 0 Å². The van der Waals surface area contributed by atoms with E-state index in [-0.39, 0.29) is 11.7 Å². The molecule has 1 heterocycles. The summed E-state index contributed by atoms with van der Waals surface area (Å²) in [5.41, 5.74) is 5.18. The third-order valence-corrected chi connectivity index (χ3v) is 5.17. The second-order valence-corrected chi connectivity index (χ2v) is 6.88. The normalized spacial score (nSPS) is 10.7. The first-order chi connectivity index (χ1) is 12.6. The molecule has 0 radical (unpaired) electrons. The Balaban J connectivity index is 1.70. The summed E-state index contributed by atoms with van der Waals surface area (Å²) in [5, 5.41) is 15.5. The monoisotopic (exact) mass is 367 g/mol. The highest BCUT2D eigenvalue weighted by molar-refractivity contribution is 7.99. The second-order valence-electron chi connectivity index (χ2n) is 5.94. The van der Waals surface area contributed by atoms with Gasteiger partial charge in [0.05, 0.1) is 11.4 Å². The van der Waals surface area contributed by atoms with Crippen LogP contribution in [0.5, 0.6) is 0 Å². The maximum atomic E-state index is 12.3. The van der Waals surface area contributed by atoms with Crippen molar-refractivity contribution in [2.75, 3.05) is 11.1 Å². The number of thioether (sulfide) groups is 1. The molecule has 1 amide bonds. The zero-order valence-corrected chi connectivity index (χ0v) is 15.9. The molecule has 1 N–H and O–H groups in total. The Labute approximate surface area is 157 Å². The number of hydrogen-bond donors (Lipinski definition) is 1. The van der Waals surface area contributed by atoms with Crippen LogP contribution in [0.3, 0.4) is 0 Å². The van der Waals surface area contributed by atoms with Crippen LogP contribution in [0.1, 0.15) is 23.6 Å². The van der Waals surface area contributed by atoms with Crippen molar-refractivity contribution in [1.29, 1.82) is 0 Å². The highest BCUT2D eigenvalue weighted by Crippen LogP contribution is 2.23. The van der Waals surface area contributed by atoms with Crippen molar-refractivity contribution in [3.05, 3.63) is 59.2 Å². The molecule has 6 nitrogen and oxygen atoms in total. The molecule has 0 aliphatic carbocycles. The standard InChI is InChI=1S/C19H21N5OS/c1-4-15-9-5-6-10-16(15)20-18(25)12-26-19-21-22-23-24(19)17-11-7-8-13(2)14(17)3/h5-11H,4,12H2,1-3H3,(H,20,25). The highest BCUT2D eigenvalue weighted by Gasteiger charge is 2.14. The molecular weight excluding hydrogens is 346 g/mol. The van der Waals surface area contributed by atoms with Gasteiger partial charge in [0.15, 0.2) is 0 Å². The lowest BCUT2D eigenvalue weighted by Gasteiger charge is -2.10. The van der Waals surface area contributed by atoms with E-state index in [0.29, 0.717) is 5.16 Å². The summed E-state index contributed by atoms with van der Waals surface area (Å²) in [6, 6.07) is 13.8. The summed E-state index contributed by atoms with van der Waals surface area (Å²) in [6.07, 6.45) is 0.870. The minimum atomic E-state index is -0.0774. The van der Waals surface area contributed by atoms with E-state index in [2.05, 4.69) is 40.8 Å². The largest absolute Gasteiger partial charge is 0.325 e. The topological polar surface area (TPSA) is 72.7 Å². The second kappa shape index (κ2) is 8.14. The molecule has 0 atom stereocenters. The number of rotatable bonds is 6. The molecule has 2 aromatic carbocycles. The van der Waals surface area contributed by atoms with Crippen molar-refractivity contribution < 1.29 is 4.79 Å². The molecule has 3 aromatic rings. The quantitative estimate of drug-likeness (QED) is 0.674. The van der Waals surface area contributed by atoms with Crippen molar-refractivity contribution in [3.8, 4) is 5.69 Å². The van der Waals surface area contributed by atoms with Crippen LogP contribution in [0.25, 0.3) is 5.69 Å². The number of hydrogen-bond acceptors (Lipinski definition) is 5. The van der Waals surface area contributed by atoms with Gasteiger partial charge in [0.1, 0.15) is 0 Å². The Morgan fingerprint density at radius 3 is 2.77 bits per heavy atom. The number of nitrogens with one attached hydrogen (secondary N) is 1. The smallest absolute Gasteiger partial charge is 0.234 e. The van der Waals surface area contributed by atoms with Gasteiger partial charge in [-0.15, -0.1) is 5.10 Å². The number of anilines is 1. The number of nitrogens with zero attached hydrogens (tertiary/aromatic N) is 4. The Morgan fingerprint density at radius 2 is 1.96 bits per heavy atom. The van der Waals surface area contributed by atoms with Crippen LogP contribution in [-0.2, 0) is 11.2 Å². The fraction of sp³-hybridized carbons (Fsp3) is 0.263. The number of para-hydroxylation sites is 1. The highest BCUT2D eigenvalue weighted by atomic mass is 32.2. The summed E-state index contributed by atoms with van der Waals surface area (Å²) in [6.45, 7) is 6.15. The molecule has 3 rings (SSSR count). The fourth-order valence-corrected chi connectivity index (χ4v) is 3.34. The number of benzene rings is 2. The molecule has 0 aliphatic rings. The van der Waals surface area contributed by atoms with E-state index in [1.165, 1.54) is 17.3 Å². The Bertz CT molecular complexity index is 922. The molecule has 0 bridgehead atoms. The van der Waals surface area contributed by atoms with Gasteiger partial charge in [-0.1, -0.05) is 49.0 Å². The molecule has 0 aliphatic heterocycles. The van der Waals surface area contributed by atoms with E-state index in [0.717, 1.165) is 28.9 Å². The third kappa shape index (κ3) is 3.94. The number of amides is 1. The van der Waals surface area contributed by atoms with Crippen molar-refractivity contribution in [2.24, 2.45) is 0 Å². The lowest BCUT2D eigenvalue weighted by molar-refractivity contribution is -0.113. The number of aryl methyl sites for hydroxylation is 2. The van der Waals surface area contributed by atoms with Crippen LogP contribution in [0.15, 0.2) is 47.6 Å². The maximum Gasteiger partial charge on any atom is 0.234 e. The third-order valence-electron chi connectivity index (χ3n) is 4.25. The number of carbonyl (C=O) groups is 1. The maximum absolute atomic E-state index is 12.3. The summed E-state index contributed by atoms with van der Waals surface area (Å²) in [5.74, 6) is 0.162. The predicted molar refractivity (Wildman–Crippen MR) is 104 cm³/mol. The zero-order chi connectivity index (χ0) is 18.5. The summed E-state index contributed by atoms with van der Waals surface area (Å²) in [7, 11) is 0. The fourth-order valence-electron chi connectivity index (χ4n) is 2.65. The first kappa shape index (κ1) is 18.1. The first-order valence-electron chi connectivity index (χ1n) is 8.45.